The first-order valence-electron chi connectivity index (χ1n) is 7.19. The third-order valence-electron chi connectivity index (χ3n) is 3.87. The van der Waals surface area contributed by atoms with Crippen LogP contribution in [0.25, 0.3) is 11.0 Å². The van der Waals surface area contributed by atoms with Gasteiger partial charge < -0.3 is 9.13 Å². The van der Waals surface area contributed by atoms with Gasteiger partial charge in [-0.1, -0.05) is 11.6 Å². The summed E-state index contributed by atoms with van der Waals surface area (Å²) in [5.41, 5.74) is -0.248. The lowest BCUT2D eigenvalue weighted by Crippen LogP contribution is -2.39. The fourth-order valence-corrected chi connectivity index (χ4v) is 3.66. The summed E-state index contributed by atoms with van der Waals surface area (Å²) in [6.07, 6.45) is 0. The second-order valence-corrected chi connectivity index (χ2v) is 7.61. The highest BCUT2D eigenvalue weighted by Gasteiger charge is 2.17. The average molecular weight is 380 g/mol. The molecule has 0 aliphatic carbocycles. The first kappa shape index (κ1) is 17.2. The number of aryl methyl sites for hydroxylation is 2. The molecule has 130 valence electrons. The molecule has 3 rings (SSSR count). The normalized spacial score (nSPS) is 11.6. The molecule has 0 saturated carbocycles. The number of halogens is 1. The van der Waals surface area contributed by atoms with Gasteiger partial charge in [0.1, 0.15) is 0 Å². The molecule has 1 N–H and O–H groups in total. The number of hydrogen-bond donors (Lipinski definition) is 1. The number of fused-ring (bicyclic) bond motifs is 1. The van der Waals surface area contributed by atoms with Crippen molar-refractivity contribution in [2.45, 2.75) is 4.90 Å². The van der Waals surface area contributed by atoms with Crippen LogP contribution in [-0.4, -0.2) is 17.6 Å². The lowest BCUT2D eigenvalue weighted by molar-refractivity contribution is 0.601. The first-order valence-corrected chi connectivity index (χ1v) is 9.05. The molecule has 25 heavy (non-hydrogen) atoms. The van der Waals surface area contributed by atoms with Crippen molar-refractivity contribution in [3.63, 3.8) is 0 Å². The van der Waals surface area contributed by atoms with Gasteiger partial charge in [0.2, 0.25) is 0 Å². The summed E-state index contributed by atoms with van der Waals surface area (Å²) >= 11 is 5.79. The fourth-order valence-electron chi connectivity index (χ4n) is 2.46. The number of rotatable bonds is 3. The topological polar surface area (TPSA) is 90.2 Å². The van der Waals surface area contributed by atoms with E-state index in [1.165, 1.54) is 36.9 Å². The van der Waals surface area contributed by atoms with Gasteiger partial charge in [0.15, 0.2) is 0 Å². The Morgan fingerprint density at radius 2 is 1.44 bits per heavy atom. The van der Waals surface area contributed by atoms with Crippen LogP contribution in [0.5, 0.6) is 0 Å². The smallest absolute Gasteiger partial charge is 0.305 e. The van der Waals surface area contributed by atoms with E-state index in [2.05, 4.69) is 4.72 Å². The Kier molecular flexibility index (Phi) is 4.18. The van der Waals surface area contributed by atoms with Crippen LogP contribution in [-0.2, 0) is 24.1 Å². The molecule has 0 saturated heterocycles. The highest BCUT2D eigenvalue weighted by atomic mass is 35.5. The fraction of sp³-hybridized carbons (Fsp3) is 0.125. The van der Waals surface area contributed by atoms with Gasteiger partial charge >= 0.3 is 11.1 Å². The molecule has 0 spiro atoms. The van der Waals surface area contributed by atoms with E-state index < -0.39 is 21.1 Å². The SMILES string of the molecule is Cn1c(=O)c(=O)n(C)c2cc(S(=O)(=O)Nc3ccc(Cl)cc3)ccc21. The summed E-state index contributed by atoms with van der Waals surface area (Å²) in [5.74, 6) is 0. The number of aromatic nitrogens is 2. The van der Waals surface area contributed by atoms with E-state index >= 15 is 0 Å². The van der Waals surface area contributed by atoms with E-state index in [-0.39, 0.29) is 4.90 Å². The largest absolute Gasteiger partial charge is 0.316 e. The van der Waals surface area contributed by atoms with Crippen LogP contribution >= 0.6 is 11.6 Å². The summed E-state index contributed by atoms with van der Waals surface area (Å²) < 4.78 is 29.9. The predicted octanol–water partition coefficient (Wildman–Crippen LogP) is 1.69. The Labute approximate surface area is 148 Å². The summed E-state index contributed by atoms with van der Waals surface area (Å²) in [4.78, 5) is 23.8. The molecule has 3 aromatic rings. The number of hydrogen-bond acceptors (Lipinski definition) is 4. The molecule has 0 amide bonds. The maximum absolute atomic E-state index is 12.6. The van der Waals surface area contributed by atoms with Gasteiger partial charge in [-0.25, -0.2) is 8.42 Å². The van der Waals surface area contributed by atoms with Gasteiger partial charge in [-0.05, 0) is 42.5 Å². The lowest BCUT2D eigenvalue weighted by atomic mass is 10.3. The molecular weight excluding hydrogens is 366 g/mol. The first-order chi connectivity index (χ1) is 11.7. The molecule has 2 aromatic carbocycles. The predicted molar refractivity (Wildman–Crippen MR) is 96.7 cm³/mol. The lowest BCUT2D eigenvalue weighted by Gasteiger charge is -2.12. The van der Waals surface area contributed by atoms with E-state index in [1.54, 1.807) is 24.3 Å². The highest BCUT2D eigenvalue weighted by Crippen LogP contribution is 2.21. The molecule has 0 unspecified atom stereocenters. The van der Waals surface area contributed by atoms with E-state index in [0.29, 0.717) is 21.7 Å². The van der Waals surface area contributed by atoms with Crippen LogP contribution in [0.3, 0.4) is 0 Å². The Balaban J connectivity index is 2.14. The molecule has 0 bridgehead atoms. The quantitative estimate of drug-likeness (QED) is 0.701. The minimum Gasteiger partial charge on any atom is -0.305 e. The number of anilines is 1. The summed E-state index contributed by atoms with van der Waals surface area (Å²) in [6.45, 7) is 0. The maximum atomic E-state index is 12.6. The van der Waals surface area contributed by atoms with Crippen molar-refractivity contribution in [2.24, 2.45) is 14.1 Å². The van der Waals surface area contributed by atoms with Gasteiger partial charge in [-0.2, -0.15) is 0 Å². The summed E-state index contributed by atoms with van der Waals surface area (Å²) in [6, 6.07) is 10.4. The minimum absolute atomic E-state index is 0.0244. The Morgan fingerprint density at radius 1 is 0.880 bits per heavy atom. The molecule has 9 heteroatoms. The number of nitrogens with zero attached hydrogens (tertiary/aromatic N) is 2. The van der Waals surface area contributed by atoms with E-state index in [9.17, 15) is 18.0 Å². The minimum atomic E-state index is -3.87. The van der Waals surface area contributed by atoms with Crippen LogP contribution < -0.4 is 15.8 Å². The Hall–Kier alpha value is -2.58. The van der Waals surface area contributed by atoms with Crippen LogP contribution in [0.2, 0.25) is 5.02 Å². The van der Waals surface area contributed by atoms with E-state index in [0.717, 1.165) is 4.57 Å². The Bertz CT molecular complexity index is 1200. The van der Waals surface area contributed by atoms with Crippen molar-refractivity contribution in [1.82, 2.24) is 9.13 Å². The zero-order valence-electron chi connectivity index (χ0n) is 13.4. The van der Waals surface area contributed by atoms with Crippen molar-refractivity contribution in [2.75, 3.05) is 4.72 Å². The van der Waals surface area contributed by atoms with Crippen LogP contribution in [0, 0.1) is 0 Å². The average Bonchev–Trinajstić information content (AvgIpc) is 2.59. The highest BCUT2D eigenvalue weighted by molar-refractivity contribution is 7.92. The van der Waals surface area contributed by atoms with Gasteiger partial charge in [0, 0.05) is 24.8 Å². The molecule has 0 aliphatic rings. The zero-order chi connectivity index (χ0) is 18.4. The van der Waals surface area contributed by atoms with Gasteiger partial charge in [0.05, 0.1) is 15.9 Å². The van der Waals surface area contributed by atoms with E-state index in [1.807, 2.05) is 0 Å². The summed E-state index contributed by atoms with van der Waals surface area (Å²) in [5, 5.41) is 0.490. The summed E-state index contributed by atoms with van der Waals surface area (Å²) in [7, 11) is -0.976. The Morgan fingerprint density at radius 3 is 2.04 bits per heavy atom. The second-order valence-electron chi connectivity index (χ2n) is 5.49. The molecule has 0 aliphatic heterocycles. The van der Waals surface area contributed by atoms with Crippen LogP contribution in [0.15, 0.2) is 56.9 Å². The molecule has 0 radical (unpaired) electrons. The van der Waals surface area contributed by atoms with Crippen LogP contribution in [0.1, 0.15) is 0 Å². The monoisotopic (exact) mass is 379 g/mol. The molecule has 0 atom stereocenters. The third-order valence-corrected chi connectivity index (χ3v) is 5.50. The van der Waals surface area contributed by atoms with Crippen molar-refractivity contribution in [3.05, 3.63) is 68.2 Å². The van der Waals surface area contributed by atoms with Crippen molar-refractivity contribution in [1.29, 1.82) is 0 Å². The van der Waals surface area contributed by atoms with Crippen molar-refractivity contribution in [3.8, 4) is 0 Å². The molecule has 0 fully saturated rings. The standard InChI is InChI=1S/C16H14ClN3O4S/c1-19-13-8-7-12(9-14(13)20(2)16(22)15(19)21)25(23,24)18-11-5-3-10(17)4-6-11/h3-9,18H,1-2H3. The maximum Gasteiger partial charge on any atom is 0.316 e. The van der Waals surface area contributed by atoms with E-state index in [4.69, 9.17) is 11.6 Å². The molecule has 1 aromatic heterocycles. The zero-order valence-corrected chi connectivity index (χ0v) is 14.9. The van der Waals surface area contributed by atoms with Crippen molar-refractivity contribution < 1.29 is 8.42 Å². The van der Waals surface area contributed by atoms with Crippen LogP contribution in [0.4, 0.5) is 5.69 Å². The second kappa shape index (κ2) is 6.05. The van der Waals surface area contributed by atoms with Crippen molar-refractivity contribution >= 4 is 38.3 Å². The molecule has 1 heterocycles. The molecular formula is C16H14ClN3O4S. The van der Waals surface area contributed by atoms with Gasteiger partial charge in [-0.15, -0.1) is 0 Å². The molecule has 7 nitrogen and oxygen atoms in total. The number of benzene rings is 2. The van der Waals surface area contributed by atoms with Gasteiger partial charge in [0.25, 0.3) is 10.0 Å². The number of nitrogens with one attached hydrogen (secondary N) is 1. The van der Waals surface area contributed by atoms with Gasteiger partial charge in [-0.3, -0.25) is 14.3 Å². The number of sulfonamides is 1. The third kappa shape index (κ3) is 3.06.